The first kappa shape index (κ1) is 81.2. The Bertz CT molecular complexity index is 2740. The smallest absolute Gasteiger partial charge is 0.393 e. The SMILES string of the molecule is CC(C)C(=O)CCC/C=C\C[C@@H]1[C@@H](/C=C/[C@@H](O)CCc2cccc(C(F)(F)F)c2)[C@H](O)C[C@@H]1O.CC(C)C(=O)CCC/C=C\C[C@@H]1[C@@H](/C=C/[C@@H](O)CCc2ccccc2)[C@H](O)C[C@@H]1O.CC(C)C(=O)CCC/C=C\C[C@@H]1[C@@H](CC[C@@H](O)CCc2ccccc2)[C@H](O)C[C@@H]1O. The fraction of sp³-hybridized carbons (Fsp3) is 0.608. The number of aliphatic hydroxyl groups is 9. The summed E-state index contributed by atoms with van der Waals surface area (Å²) in [5.41, 5.74) is 2.21. The molecule has 0 heterocycles. The average molecular weight is 1310 g/mol. The van der Waals surface area contributed by atoms with Crippen LogP contribution in [0.1, 0.15) is 192 Å². The molecule has 94 heavy (non-hydrogen) atoms. The van der Waals surface area contributed by atoms with Crippen molar-refractivity contribution >= 4 is 17.3 Å². The minimum Gasteiger partial charge on any atom is -0.393 e. The van der Waals surface area contributed by atoms with Gasteiger partial charge in [0, 0.05) is 61.7 Å². The van der Waals surface area contributed by atoms with Crippen molar-refractivity contribution < 1.29 is 73.5 Å². The fourth-order valence-corrected chi connectivity index (χ4v) is 12.9. The first-order chi connectivity index (χ1) is 44.7. The van der Waals surface area contributed by atoms with Crippen LogP contribution in [0.5, 0.6) is 0 Å². The predicted octanol–water partition coefficient (Wildman–Crippen LogP) is 14.0. The van der Waals surface area contributed by atoms with Gasteiger partial charge in [0.15, 0.2) is 0 Å². The summed E-state index contributed by atoms with van der Waals surface area (Å²) >= 11 is 0. The number of benzene rings is 3. The van der Waals surface area contributed by atoms with E-state index in [-0.39, 0.29) is 84.4 Å². The second-order valence-corrected chi connectivity index (χ2v) is 27.5. The maximum Gasteiger partial charge on any atom is 0.416 e. The van der Waals surface area contributed by atoms with Crippen LogP contribution >= 0.6 is 0 Å². The Hall–Kier alpha value is -5.20. The molecule has 3 aromatic carbocycles. The Morgan fingerprint density at radius 2 is 0.809 bits per heavy atom. The summed E-state index contributed by atoms with van der Waals surface area (Å²) in [7, 11) is 0. The number of unbranched alkanes of at least 4 members (excludes halogenated alkanes) is 3. The van der Waals surface area contributed by atoms with Crippen LogP contribution in [0.2, 0.25) is 0 Å². The third-order valence-electron chi connectivity index (χ3n) is 19.0. The molecule has 3 aromatic rings. The van der Waals surface area contributed by atoms with Crippen molar-refractivity contribution in [1.29, 1.82) is 0 Å². The molecule has 0 bridgehead atoms. The van der Waals surface area contributed by atoms with Gasteiger partial charge < -0.3 is 46.0 Å². The van der Waals surface area contributed by atoms with Gasteiger partial charge in [0.05, 0.1) is 60.5 Å². The monoisotopic (exact) mass is 1310 g/mol. The number of ketones is 3. The van der Waals surface area contributed by atoms with Crippen molar-refractivity contribution in [1.82, 2.24) is 0 Å². The van der Waals surface area contributed by atoms with Gasteiger partial charge in [-0.25, -0.2) is 0 Å². The summed E-state index contributed by atoms with van der Waals surface area (Å²) in [5.74, 6) is 0.468. The molecular formula is C79H115F3O12. The topological polar surface area (TPSA) is 233 Å². The summed E-state index contributed by atoms with van der Waals surface area (Å²) in [4.78, 5) is 35.0. The summed E-state index contributed by atoms with van der Waals surface area (Å²) < 4.78 is 38.6. The molecule has 12 nitrogen and oxygen atoms in total. The Morgan fingerprint density at radius 3 is 1.22 bits per heavy atom. The van der Waals surface area contributed by atoms with Crippen molar-refractivity contribution in [3.05, 3.63) is 168 Å². The van der Waals surface area contributed by atoms with Gasteiger partial charge in [-0.3, -0.25) is 14.4 Å². The zero-order valence-corrected chi connectivity index (χ0v) is 56.9. The van der Waals surface area contributed by atoms with Crippen LogP contribution in [0.3, 0.4) is 0 Å². The Kier molecular flexibility index (Phi) is 37.9. The Morgan fingerprint density at radius 1 is 0.447 bits per heavy atom. The molecule has 0 radical (unpaired) electrons. The molecule has 3 aliphatic carbocycles. The molecule has 9 N–H and O–H groups in total. The number of hydrogen-bond donors (Lipinski definition) is 9. The van der Waals surface area contributed by atoms with E-state index < -0.39 is 60.6 Å². The highest BCUT2D eigenvalue weighted by Crippen LogP contribution is 2.40. The zero-order valence-electron chi connectivity index (χ0n) is 56.9. The number of alkyl halides is 3. The van der Waals surface area contributed by atoms with E-state index in [0.29, 0.717) is 74.9 Å². The van der Waals surface area contributed by atoms with Gasteiger partial charge in [0.2, 0.25) is 0 Å². The number of aryl methyl sites for hydroxylation is 3. The number of Topliss-reactive ketones (excluding diaryl/α,β-unsaturated/α-hetero) is 3. The fourth-order valence-electron chi connectivity index (χ4n) is 12.9. The van der Waals surface area contributed by atoms with E-state index in [1.165, 1.54) is 17.2 Å². The van der Waals surface area contributed by atoms with E-state index in [2.05, 4.69) is 48.6 Å². The van der Waals surface area contributed by atoms with E-state index in [1.54, 1.807) is 24.3 Å². The quantitative estimate of drug-likeness (QED) is 0.0194. The molecule has 0 aromatic heterocycles. The molecule has 3 saturated carbocycles. The van der Waals surface area contributed by atoms with Crippen molar-refractivity contribution in [2.75, 3.05) is 0 Å². The Labute approximate surface area is 559 Å². The molecule has 3 aliphatic rings. The summed E-state index contributed by atoms with van der Waals surface area (Å²) in [6.45, 7) is 11.5. The average Bonchev–Trinajstić information content (AvgIpc) is 1.70. The number of rotatable bonds is 37. The largest absolute Gasteiger partial charge is 0.416 e. The normalized spacial score (nSPS) is 25.1. The van der Waals surface area contributed by atoms with E-state index in [9.17, 15) is 73.5 Å². The lowest BCUT2D eigenvalue weighted by atomic mass is 9.85. The molecule has 6 rings (SSSR count). The highest BCUT2D eigenvalue weighted by Gasteiger charge is 2.42. The van der Waals surface area contributed by atoms with Gasteiger partial charge in [0.25, 0.3) is 0 Å². The molecule has 0 aliphatic heterocycles. The second-order valence-electron chi connectivity index (χ2n) is 27.5. The minimum absolute atomic E-state index is 0.0264. The number of hydrogen-bond acceptors (Lipinski definition) is 12. The van der Waals surface area contributed by atoms with Crippen LogP contribution in [0.4, 0.5) is 13.2 Å². The summed E-state index contributed by atoms with van der Waals surface area (Å²) in [6, 6.07) is 25.3. The molecule has 0 amide bonds. The first-order valence-electron chi connectivity index (χ1n) is 35.0. The van der Waals surface area contributed by atoms with Crippen LogP contribution < -0.4 is 0 Å². The van der Waals surface area contributed by atoms with E-state index in [0.717, 1.165) is 82.8 Å². The standard InChI is InChI=1S/C27H37F3O4.C26H40O4.C26H38O4/c1-18(2)24(32)11-6-4-3-5-10-22-23(26(34)17-25(22)33)15-14-21(31)13-12-19-8-7-9-20(16-19)27(28,29)30;2*1-19(2)24(28)13-9-4-3-8-12-22-23(26(30)18-25(22)29)17-16-21(27)15-14-20-10-6-5-7-11-20/h3,5,7-9,14-16,18,21-23,25-26,31,33-34H,4,6,10-13,17H2,1-2H3;3,5-8,10-11,19,21-23,25-27,29-30H,4,9,12-18H2,1-2H3;3,5-8,10-11,16-17,19,21-23,25-27,29-30H,4,9,12-15,18H2,1-2H3/b5-3-,15-14+;8-3-;8-3-,17-16+/t3*21-,22+,23+,25-,26+/m000/s1. The highest BCUT2D eigenvalue weighted by molar-refractivity contribution is 5.81. The lowest BCUT2D eigenvalue weighted by molar-refractivity contribution is -0.137. The van der Waals surface area contributed by atoms with Gasteiger partial charge >= 0.3 is 6.18 Å². The number of allylic oxidation sites excluding steroid dienone is 6. The zero-order chi connectivity index (χ0) is 69.2. The molecule has 15 atom stereocenters. The molecular weight excluding hydrogens is 1200 g/mol. The van der Waals surface area contributed by atoms with Crippen molar-refractivity contribution in [3.8, 4) is 0 Å². The highest BCUT2D eigenvalue weighted by atomic mass is 19.4. The maximum atomic E-state index is 12.9. The third kappa shape index (κ3) is 30.9. The molecule has 524 valence electrons. The van der Waals surface area contributed by atoms with Crippen LogP contribution in [0.15, 0.2) is 146 Å². The van der Waals surface area contributed by atoms with Gasteiger partial charge in [-0.05, 0) is 162 Å². The van der Waals surface area contributed by atoms with Crippen LogP contribution in [-0.4, -0.2) is 118 Å². The summed E-state index contributed by atoms with van der Waals surface area (Å²) in [5, 5.41) is 93.2. The van der Waals surface area contributed by atoms with Crippen LogP contribution in [-0.2, 0) is 39.8 Å². The van der Waals surface area contributed by atoms with Crippen LogP contribution in [0, 0.1) is 53.3 Å². The van der Waals surface area contributed by atoms with E-state index in [4.69, 9.17) is 0 Å². The van der Waals surface area contributed by atoms with E-state index in [1.807, 2.05) is 96.2 Å². The van der Waals surface area contributed by atoms with Crippen LogP contribution in [0.25, 0.3) is 0 Å². The second kappa shape index (κ2) is 43.9. The number of halogens is 3. The van der Waals surface area contributed by atoms with E-state index >= 15 is 0 Å². The lowest BCUT2D eigenvalue weighted by Gasteiger charge is -2.23. The third-order valence-corrected chi connectivity index (χ3v) is 19.0. The maximum absolute atomic E-state index is 12.9. The van der Waals surface area contributed by atoms with Crippen molar-refractivity contribution in [2.45, 2.75) is 250 Å². The van der Waals surface area contributed by atoms with Gasteiger partial charge in [-0.1, -0.05) is 181 Å². The molecule has 0 spiro atoms. The number of carbonyl (C=O) groups excluding carboxylic acids is 3. The number of aliphatic hydroxyl groups excluding tert-OH is 9. The molecule has 0 unspecified atom stereocenters. The Balaban J connectivity index is 0.000000301. The molecule has 0 saturated heterocycles. The first-order valence-corrected chi connectivity index (χ1v) is 35.0. The summed E-state index contributed by atoms with van der Waals surface area (Å²) in [6.07, 6.45) is 24.3. The number of carbonyl (C=O) groups is 3. The minimum atomic E-state index is -4.40. The predicted molar refractivity (Wildman–Crippen MR) is 368 cm³/mol. The lowest BCUT2D eigenvalue weighted by Crippen LogP contribution is -2.23. The van der Waals surface area contributed by atoms with Gasteiger partial charge in [-0.2, -0.15) is 13.2 Å². The molecule has 15 heteroatoms. The van der Waals surface area contributed by atoms with Crippen molar-refractivity contribution in [2.24, 2.45) is 53.3 Å². The van der Waals surface area contributed by atoms with Gasteiger partial charge in [0.1, 0.15) is 17.3 Å². The van der Waals surface area contributed by atoms with Gasteiger partial charge in [-0.15, -0.1) is 0 Å². The van der Waals surface area contributed by atoms with Crippen molar-refractivity contribution in [3.63, 3.8) is 0 Å². The molecule has 3 fully saturated rings.